The van der Waals surface area contributed by atoms with E-state index in [1.165, 1.54) is 0 Å². The minimum Gasteiger partial charge on any atom is -0.352 e. The minimum absolute atomic E-state index is 0.0132. The molecule has 4 heteroatoms. The fourth-order valence-corrected chi connectivity index (χ4v) is 3.42. The van der Waals surface area contributed by atoms with E-state index >= 15 is 0 Å². The Balaban J connectivity index is 2.00. The van der Waals surface area contributed by atoms with Crippen LogP contribution in [0, 0.1) is 3.57 Å². The molecule has 1 unspecified atom stereocenters. The van der Waals surface area contributed by atoms with E-state index in [1.807, 2.05) is 42.5 Å². The van der Waals surface area contributed by atoms with Crippen molar-refractivity contribution >= 4 is 28.5 Å². The number of aryl methyl sites for hydroxylation is 1. The molecule has 1 amide bonds. The van der Waals surface area contributed by atoms with Crippen LogP contribution >= 0.6 is 22.6 Å². The van der Waals surface area contributed by atoms with Crippen LogP contribution in [0.1, 0.15) is 39.5 Å². The summed E-state index contributed by atoms with van der Waals surface area (Å²) in [6.07, 6.45) is 1.92. The van der Waals surface area contributed by atoms with Crippen LogP contribution in [-0.2, 0) is 6.42 Å². The van der Waals surface area contributed by atoms with Gasteiger partial charge in [0.2, 0.25) is 0 Å². The molecule has 0 saturated carbocycles. The predicted molar refractivity (Wildman–Crippen MR) is 92.3 cm³/mol. The van der Waals surface area contributed by atoms with Crippen molar-refractivity contribution < 1.29 is 4.79 Å². The zero-order valence-electron chi connectivity index (χ0n) is 11.6. The Morgan fingerprint density at radius 2 is 2.00 bits per heavy atom. The Morgan fingerprint density at radius 3 is 2.81 bits per heavy atom. The van der Waals surface area contributed by atoms with Gasteiger partial charge in [-0.3, -0.25) is 4.79 Å². The Morgan fingerprint density at radius 1 is 1.19 bits per heavy atom. The van der Waals surface area contributed by atoms with Crippen LogP contribution in [-0.4, -0.2) is 12.5 Å². The maximum absolute atomic E-state index is 12.1. The molecule has 0 aliphatic carbocycles. The van der Waals surface area contributed by atoms with Gasteiger partial charge >= 0.3 is 0 Å². The van der Waals surface area contributed by atoms with Gasteiger partial charge in [0, 0.05) is 15.7 Å². The highest BCUT2D eigenvalue weighted by Crippen LogP contribution is 2.26. The quantitative estimate of drug-likeness (QED) is 0.773. The van der Waals surface area contributed by atoms with Crippen LogP contribution in [0.4, 0.5) is 0 Å². The summed E-state index contributed by atoms with van der Waals surface area (Å²) in [4.78, 5) is 12.1. The van der Waals surface area contributed by atoms with Crippen LogP contribution < -0.4 is 11.1 Å². The van der Waals surface area contributed by atoms with E-state index in [9.17, 15) is 4.79 Å². The van der Waals surface area contributed by atoms with E-state index in [4.69, 9.17) is 5.73 Å². The predicted octanol–water partition coefficient (Wildman–Crippen LogP) is 3.02. The van der Waals surface area contributed by atoms with Crippen LogP contribution in [0.2, 0.25) is 0 Å². The molecule has 0 radical (unpaired) electrons. The molecule has 1 aliphatic rings. The molecule has 0 aromatic heterocycles. The first kappa shape index (κ1) is 14.5. The van der Waals surface area contributed by atoms with Crippen LogP contribution in [0.3, 0.4) is 0 Å². The van der Waals surface area contributed by atoms with Gasteiger partial charge in [-0.1, -0.05) is 30.3 Å². The van der Waals surface area contributed by atoms with Crippen LogP contribution in [0.25, 0.3) is 0 Å². The van der Waals surface area contributed by atoms with Gasteiger partial charge in [-0.25, -0.2) is 0 Å². The number of hydrogen-bond acceptors (Lipinski definition) is 2. The zero-order valence-corrected chi connectivity index (χ0v) is 13.8. The van der Waals surface area contributed by atoms with E-state index in [1.54, 1.807) is 0 Å². The van der Waals surface area contributed by atoms with Crippen molar-refractivity contribution in [1.29, 1.82) is 0 Å². The molecule has 108 valence electrons. The van der Waals surface area contributed by atoms with Crippen molar-refractivity contribution in [3.8, 4) is 0 Å². The van der Waals surface area contributed by atoms with Gasteiger partial charge in [0.1, 0.15) is 0 Å². The SMILES string of the molecule is NC(c1ccc2c(c1)C(=O)NCCC2)c1ccccc1I. The lowest BCUT2D eigenvalue weighted by Gasteiger charge is -2.16. The van der Waals surface area contributed by atoms with E-state index < -0.39 is 0 Å². The van der Waals surface area contributed by atoms with E-state index in [-0.39, 0.29) is 11.9 Å². The molecule has 3 rings (SSSR count). The molecule has 0 bridgehead atoms. The number of fused-ring (bicyclic) bond motifs is 1. The molecule has 2 aromatic carbocycles. The minimum atomic E-state index is -0.209. The fourth-order valence-electron chi connectivity index (χ4n) is 2.70. The third-order valence-corrected chi connectivity index (χ3v) is 4.87. The van der Waals surface area contributed by atoms with Crippen molar-refractivity contribution in [3.63, 3.8) is 0 Å². The number of nitrogens with one attached hydrogen (secondary N) is 1. The highest BCUT2D eigenvalue weighted by atomic mass is 127. The third-order valence-electron chi connectivity index (χ3n) is 3.89. The molecular weight excluding hydrogens is 375 g/mol. The molecule has 1 atom stereocenters. The molecule has 3 nitrogen and oxygen atoms in total. The number of hydrogen-bond donors (Lipinski definition) is 2. The lowest BCUT2D eigenvalue weighted by Crippen LogP contribution is -2.23. The maximum Gasteiger partial charge on any atom is 0.251 e. The monoisotopic (exact) mass is 392 g/mol. The van der Waals surface area contributed by atoms with Crippen molar-refractivity contribution in [2.24, 2.45) is 5.73 Å². The Labute approximate surface area is 138 Å². The van der Waals surface area contributed by atoms with Gasteiger partial charge in [0.25, 0.3) is 5.91 Å². The molecule has 0 saturated heterocycles. The largest absolute Gasteiger partial charge is 0.352 e. The lowest BCUT2D eigenvalue weighted by atomic mass is 9.94. The number of carbonyl (C=O) groups excluding carboxylic acids is 1. The summed E-state index contributed by atoms with van der Waals surface area (Å²) in [7, 11) is 0. The van der Waals surface area contributed by atoms with Crippen molar-refractivity contribution in [2.75, 3.05) is 6.54 Å². The molecule has 3 N–H and O–H groups in total. The summed E-state index contributed by atoms with van der Waals surface area (Å²) < 4.78 is 1.14. The Kier molecular flexibility index (Phi) is 4.26. The summed E-state index contributed by atoms with van der Waals surface area (Å²) >= 11 is 2.30. The first-order valence-electron chi connectivity index (χ1n) is 7.08. The average Bonchev–Trinajstić information content (AvgIpc) is 2.69. The molecule has 2 aromatic rings. The van der Waals surface area contributed by atoms with Crippen molar-refractivity contribution in [1.82, 2.24) is 5.32 Å². The highest BCUT2D eigenvalue weighted by molar-refractivity contribution is 14.1. The van der Waals surface area contributed by atoms with Crippen molar-refractivity contribution in [2.45, 2.75) is 18.9 Å². The van der Waals surface area contributed by atoms with Gasteiger partial charge in [0.15, 0.2) is 0 Å². The van der Waals surface area contributed by atoms with Crippen molar-refractivity contribution in [3.05, 3.63) is 68.3 Å². The number of benzene rings is 2. The summed E-state index contributed by atoms with van der Waals surface area (Å²) in [5, 5.41) is 2.94. The fraction of sp³-hybridized carbons (Fsp3) is 0.235. The number of rotatable bonds is 2. The third kappa shape index (κ3) is 2.96. The Hall–Kier alpha value is -1.40. The molecule has 0 spiro atoms. The standard InChI is InChI=1S/C17H17IN2O/c18-15-6-2-1-5-13(15)16(19)12-8-7-11-4-3-9-20-17(21)14(11)10-12/h1-2,5-8,10,16H,3-4,9,19H2,(H,20,21). The first-order valence-corrected chi connectivity index (χ1v) is 8.16. The van der Waals surface area contributed by atoms with E-state index in [0.29, 0.717) is 0 Å². The van der Waals surface area contributed by atoms with Crippen LogP contribution in [0.5, 0.6) is 0 Å². The smallest absolute Gasteiger partial charge is 0.251 e. The average molecular weight is 392 g/mol. The normalized spacial score (nSPS) is 15.8. The summed E-state index contributed by atoms with van der Waals surface area (Å²) in [6, 6.07) is 13.9. The molecule has 21 heavy (non-hydrogen) atoms. The van der Waals surface area contributed by atoms with E-state index in [0.717, 1.165) is 45.2 Å². The molecular formula is C17H17IN2O. The zero-order chi connectivity index (χ0) is 14.8. The molecule has 1 heterocycles. The highest BCUT2D eigenvalue weighted by Gasteiger charge is 2.18. The number of halogens is 1. The molecule has 0 fully saturated rings. The number of carbonyl (C=O) groups is 1. The topological polar surface area (TPSA) is 55.1 Å². The summed E-state index contributed by atoms with van der Waals surface area (Å²) in [5.74, 6) is 0.0132. The lowest BCUT2D eigenvalue weighted by molar-refractivity contribution is 0.0956. The van der Waals surface area contributed by atoms with Gasteiger partial charge in [0.05, 0.1) is 6.04 Å². The summed E-state index contributed by atoms with van der Waals surface area (Å²) in [6.45, 7) is 0.742. The Bertz CT molecular complexity index is 684. The van der Waals surface area contributed by atoms with Gasteiger partial charge in [-0.2, -0.15) is 0 Å². The molecule has 1 aliphatic heterocycles. The second kappa shape index (κ2) is 6.15. The van der Waals surface area contributed by atoms with Gasteiger partial charge in [-0.15, -0.1) is 0 Å². The number of nitrogens with two attached hydrogens (primary N) is 1. The number of amides is 1. The van der Waals surface area contributed by atoms with Gasteiger partial charge in [-0.05, 0) is 64.3 Å². The van der Waals surface area contributed by atoms with E-state index in [2.05, 4.69) is 27.9 Å². The maximum atomic E-state index is 12.1. The second-order valence-corrected chi connectivity index (χ2v) is 6.44. The van der Waals surface area contributed by atoms with Gasteiger partial charge < -0.3 is 11.1 Å². The second-order valence-electron chi connectivity index (χ2n) is 5.28. The van der Waals surface area contributed by atoms with Crippen LogP contribution in [0.15, 0.2) is 42.5 Å². The summed E-state index contributed by atoms with van der Waals surface area (Å²) in [5.41, 5.74) is 10.4. The first-order chi connectivity index (χ1) is 10.2.